The van der Waals surface area contributed by atoms with Crippen molar-refractivity contribution < 1.29 is 23.4 Å². The Hall–Kier alpha value is -0.870. The Morgan fingerprint density at radius 3 is 2.28 bits per heavy atom. The second-order valence-corrected chi connectivity index (χ2v) is 9.36. The number of hydrogen-bond acceptors (Lipinski definition) is 5. The Bertz CT molecular complexity index is 658. The minimum atomic E-state index is -2.54. The van der Waals surface area contributed by atoms with Crippen molar-refractivity contribution in [2.45, 2.75) is 37.7 Å². The molecule has 1 aromatic carbocycles. The van der Waals surface area contributed by atoms with Crippen molar-refractivity contribution in [2.24, 2.45) is 29.6 Å². The highest BCUT2D eigenvalue weighted by Gasteiger charge is 2.61. The molecular formula is C19H25O5P. The lowest BCUT2D eigenvalue weighted by Crippen LogP contribution is -2.60. The van der Waals surface area contributed by atoms with Gasteiger partial charge in [-0.1, -0.05) is 18.2 Å². The number of benzene rings is 1. The van der Waals surface area contributed by atoms with E-state index in [1.807, 2.05) is 24.3 Å². The van der Waals surface area contributed by atoms with E-state index in [-0.39, 0.29) is 0 Å². The molecule has 1 heterocycles. The van der Waals surface area contributed by atoms with Crippen LogP contribution < -0.4 is 4.52 Å². The van der Waals surface area contributed by atoms with Crippen molar-refractivity contribution >= 4 is 8.25 Å². The lowest BCUT2D eigenvalue weighted by atomic mass is 9.48. The standard InChI is InChI=1S/C19H25O5P/c1-21-25(20)23-17-5-3-2-4-16(17)19(11-22-24-19)18-14-7-12-6-13(9-14)10-15(18)8-12/h2-5,12-15,18,25H,6-11H2,1H3. The van der Waals surface area contributed by atoms with Gasteiger partial charge in [-0.15, -0.1) is 0 Å². The Labute approximate surface area is 148 Å². The molecule has 25 heavy (non-hydrogen) atoms. The smallest absolute Gasteiger partial charge is 0.367 e. The molecule has 0 radical (unpaired) electrons. The Balaban J connectivity index is 1.52. The van der Waals surface area contributed by atoms with Gasteiger partial charge < -0.3 is 9.05 Å². The minimum absolute atomic E-state index is 0.462. The van der Waals surface area contributed by atoms with E-state index in [1.165, 1.54) is 39.2 Å². The fourth-order valence-corrected chi connectivity index (χ4v) is 6.80. The number of para-hydroxylation sites is 1. The molecule has 1 aliphatic heterocycles. The Kier molecular flexibility index (Phi) is 3.97. The summed E-state index contributed by atoms with van der Waals surface area (Å²) in [7, 11) is -1.14. The lowest BCUT2D eigenvalue weighted by Gasteiger charge is -2.61. The van der Waals surface area contributed by atoms with E-state index in [2.05, 4.69) is 0 Å². The molecule has 4 saturated carbocycles. The van der Waals surface area contributed by atoms with Gasteiger partial charge in [-0.3, -0.25) is 0 Å². The summed E-state index contributed by atoms with van der Waals surface area (Å²) in [6.45, 7) is 0.550. The zero-order valence-corrected chi connectivity index (χ0v) is 15.5. The molecule has 1 saturated heterocycles. The molecule has 0 spiro atoms. The van der Waals surface area contributed by atoms with Crippen LogP contribution in [0.5, 0.6) is 5.75 Å². The van der Waals surface area contributed by atoms with Gasteiger partial charge in [0, 0.05) is 18.6 Å². The first-order chi connectivity index (χ1) is 12.2. The normalized spacial score (nSPS) is 42.8. The van der Waals surface area contributed by atoms with Crippen molar-refractivity contribution in [1.29, 1.82) is 0 Å². The monoisotopic (exact) mass is 364 g/mol. The topological polar surface area (TPSA) is 54.0 Å². The van der Waals surface area contributed by atoms with Crippen molar-refractivity contribution in [1.82, 2.24) is 0 Å². The molecule has 5 nitrogen and oxygen atoms in total. The van der Waals surface area contributed by atoms with E-state index < -0.39 is 13.9 Å². The Morgan fingerprint density at radius 1 is 1.08 bits per heavy atom. The van der Waals surface area contributed by atoms with E-state index >= 15 is 0 Å². The second kappa shape index (κ2) is 6.09. The van der Waals surface area contributed by atoms with E-state index in [4.69, 9.17) is 18.8 Å². The van der Waals surface area contributed by atoms with E-state index in [1.54, 1.807) is 0 Å². The van der Waals surface area contributed by atoms with Crippen LogP contribution in [0.2, 0.25) is 0 Å². The van der Waals surface area contributed by atoms with Crippen molar-refractivity contribution in [2.75, 3.05) is 13.7 Å². The summed E-state index contributed by atoms with van der Waals surface area (Å²) in [4.78, 5) is 11.2. The van der Waals surface area contributed by atoms with Crippen LogP contribution in [0.25, 0.3) is 0 Å². The predicted molar refractivity (Wildman–Crippen MR) is 92.3 cm³/mol. The summed E-state index contributed by atoms with van der Waals surface area (Å²) in [6, 6.07) is 7.78. The minimum Gasteiger partial charge on any atom is -0.426 e. The highest BCUT2D eigenvalue weighted by molar-refractivity contribution is 7.33. The maximum absolute atomic E-state index is 11.9. The first kappa shape index (κ1) is 16.3. The molecule has 6 heteroatoms. The fraction of sp³-hybridized carbons (Fsp3) is 0.684. The molecule has 136 valence electrons. The van der Waals surface area contributed by atoms with Crippen LogP contribution in [0.3, 0.4) is 0 Å². The molecule has 0 N–H and O–H groups in total. The summed E-state index contributed by atoms with van der Waals surface area (Å²) in [5, 5.41) is 0. The maximum atomic E-state index is 11.9. The SMILES string of the molecule is CO[PH](=O)Oc1ccccc1C1(C2C3CC4CC(C3)CC2C4)COO1. The van der Waals surface area contributed by atoms with Gasteiger partial charge in [-0.05, 0) is 61.8 Å². The van der Waals surface area contributed by atoms with Gasteiger partial charge in [-0.25, -0.2) is 14.3 Å². The molecule has 0 amide bonds. The molecule has 5 aliphatic rings. The van der Waals surface area contributed by atoms with Crippen LogP contribution in [-0.4, -0.2) is 13.7 Å². The Morgan fingerprint density at radius 2 is 1.72 bits per heavy atom. The van der Waals surface area contributed by atoms with Gasteiger partial charge >= 0.3 is 8.25 Å². The number of rotatable bonds is 5. The van der Waals surface area contributed by atoms with Crippen LogP contribution in [0.1, 0.15) is 37.7 Å². The van der Waals surface area contributed by atoms with Crippen molar-refractivity contribution in [3.63, 3.8) is 0 Å². The zero-order valence-electron chi connectivity index (χ0n) is 14.5. The van der Waals surface area contributed by atoms with Crippen LogP contribution in [0.4, 0.5) is 0 Å². The third-order valence-corrected chi connectivity index (χ3v) is 7.67. The van der Waals surface area contributed by atoms with E-state index in [0.29, 0.717) is 30.1 Å². The fourth-order valence-electron chi connectivity index (χ4n) is 6.36. The van der Waals surface area contributed by atoms with Gasteiger partial charge in [0.15, 0.2) is 5.60 Å². The summed E-state index contributed by atoms with van der Waals surface area (Å²) in [5.41, 5.74) is 0.504. The zero-order chi connectivity index (χ0) is 17.0. The van der Waals surface area contributed by atoms with E-state index in [0.717, 1.165) is 17.4 Å². The van der Waals surface area contributed by atoms with Gasteiger partial charge in [0.25, 0.3) is 0 Å². The molecule has 0 aromatic heterocycles. The maximum Gasteiger partial charge on any atom is 0.367 e. The highest BCUT2D eigenvalue weighted by Crippen LogP contribution is 2.63. The molecule has 4 aliphatic carbocycles. The van der Waals surface area contributed by atoms with Crippen LogP contribution in [-0.2, 0) is 24.5 Å². The predicted octanol–water partition coefficient (Wildman–Crippen LogP) is 4.33. The third-order valence-electron chi connectivity index (χ3n) is 6.95. The van der Waals surface area contributed by atoms with Crippen LogP contribution in [0, 0.1) is 29.6 Å². The quantitative estimate of drug-likeness (QED) is 0.575. The molecular weight excluding hydrogens is 339 g/mol. The average molecular weight is 364 g/mol. The average Bonchev–Trinajstić information content (AvgIpc) is 2.56. The highest BCUT2D eigenvalue weighted by atomic mass is 31.1. The van der Waals surface area contributed by atoms with Gasteiger partial charge in [0.05, 0.1) is 0 Å². The van der Waals surface area contributed by atoms with Gasteiger partial charge in [-0.2, -0.15) is 0 Å². The van der Waals surface area contributed by atoms with Gasteiger partial charge in [0.1, 0.15) is 12.4 Å². The summed E-state index contributed by atoms with van der Waals surface area (Å²) >= 11 is 0. The van der Waals surface area contributed by atoms with Crippen LogP contribution >= 0.6 is 8.25 Å². The summed E-state index contributed by atoms with van der Waals surface area (Å²) < 4.78 is 22.3. The van der Waals surface area contributed by atoms with E-state index in [9.17, 15) is 4.57 Å². The molecule has 5 fully saturated rings. The molecule has 4 bridgehead atoms. The number of hydrogen-bond donors (Lipinski definition) is 0. The molecule has 1 aromatic rings. The summed E-state index contributed by atoms with van der Waals surface area (Å²) in [6.07, 6.45) is 6.71. The largest absolute Gasteiger partial charge is 0.426 e. The molecule has 6 rings (SSSR count). The summed E-state index contributed by atoms with van der Waals surface area (Å²) in [5.74, 6) is 4.29. The molecule has 2 atom stereocenters. The van der Waals surface area contributed by atoms with Gasteiger partial charge in [0.2, 0.25) is 0 Å². The first-order valence-electron chi connectivity index (χ1n) is 9.35. The van der Waals surface area contributed by atoms with Crippen molar-refractivity contribution in [3.8, 4) is 5.75 Å². The first-order valence-corrected chi connectivity index (χ1v) is 10.6. The lowest BCUT2D eigenvalue weighted by molar-refractivity contribution is -0.502. The second-order valence-electron chi connectivity index (χ2n) is 8.24. The van der Waals surface area contributed by atoms with Crippen molar-refractivity contribution in [3.05, 3.63) is 29.8 Å². The molecule has 2 unspecified atom stereocenters. The van der Waals surface area contributed by atoms with Crippen LogP contribution in [0.15, 0.2) is 24.3 Å². The third kappa shape index (κ3) is 2.51.